The first-order valence-corrected chi connectivity index (χ1v) is 14.4. The fraction of sp³-hybridized carbons (Fsp3) is 0.652. The Labute approximate surface area is 212 Å². The molecule has 3 aliphatic heterocycles. The van der Waals surface area contributed by atoms with E-state index in [1.807, 2.05) is 19.1 Å². The van der Waals surface area contributed by atoms with E-state index in [-0.39, 0.29) is 6.04 Å². The van der Waals surface area contributed by atoms with E-state index in [1.54, 1.807) is 0 Å². The number of aryl methyl sites for hydroxylation is 1. The second kappa shape index (κ2) is 10.2. The molecule has 0 spiro atoms. The predicted molar refractivity (Wildman–Crippen MR) is 138 cm³/mol. The van der Waals surface area contributed by atoms with Crippen molar-refractivity contribution < 1.29 is 8.42 Å². The number of piperazine rings is 1. The van der Waals surface area contributed by atoms with Crippen molar-refractivity contribution in [3.8, 4) is 6.07 Å². The molecule has 0 saturated carbocycles. The summed E-state index contributed by atoms with van der Waals surface area (Å²) in [6.45, 7) is 4.77. The van der Waals surface area contributed by atoms with E-state index in [0.717, 1.165) is 30.9 Å². The van der Waals surface area contributed by atoms with Crippen molar-refractivity contribution >= 4 is 33.4 Å². The first-order chi connectivity index (χ1) is 17.3. The van der Waals surface area contributed by atoms with Crippen LogP contribution in [0, 0.1) is 18.3 Å². The molecular formula is C23H34N10O2S. The molecule has 3 saturated heterocycles. The molecule has 0 unspecified atom stereocenters. The Hall–Kier alpha value is -2.95. The molecule has 3 fully saturated rings. The largest absolute Gasteiger partial charge is 0.354 e. The molecule has 3 N–H and O–H groups in total. The number of anilines is 4. The van der Waals surface area contributed by atoms with Gasteiger partial charge in [0, 0.05) is 75.1 Å². The predicted octanol–water partition coefficient (Wildman–Crippen LogP) is 1.65. The number of sulfonamides is 1. The average Bonchev–Trinajstić information content (AvgIpc) is 3.35. The van der Waals surface area contributed by atoms with Crippen LogP contribution in [0.1, 0.15) is 37.8 Å². The molecular weight excluding hydrogens is 480 g/mol. The summed E-state index contributed by atoms with van der Waals surface area (Å²) in [5.41, 5.74) is 0.945. The van der Waals surface area contributed by atoms with Crippen molar-refractivity contribution in [2.24, 2.45) is 0 Å². The van der Waals surface area contributed by atoms with E-state index in [1.165, 1.54) is 23.4 Å². The van der Waals surface area contributed by atoms with Crippen molar-refractivity contribution in [2.75, 3.05) is 54.5 Å². The summed E-state index contributed by atoms with van der Waals surface area (Å²) >= 11 is 0. The van der Waals surface area contributed by atoms with E-state index in [0.29, 0.717) is 62.3 Å². The fourth-order valence-electron chi connectivity index (χ4n) is 5.71. The van der Waals surface area contributed by atoms with Gasteiger partial charge in [0.2, 0.25) is 16.0 Å². The van der Waals surface area contributed by atoms with E-state index in [4.69, 9.17) is 15.2 Å². The van der Waals surface area contributed by atoms with Crippen LogP contribution in [-0.2, 0) is 10.0 Å². The lowest BCUT2D eigenvalue weighted by Crippen LogP contribution is -2.48. The van der Waals surface area contributed by atoms with Gasteiger partial charge in [-0.2, -0.15) is 24.6 Å². The van der Waals surface area contributed by atoms with Crippen molar-refractivity contribution in [2.45, 2.75) is 57.2 Å². The van der Waals surface area contributed by atoms with Gasteiger partial charge >= 0.3 is 0 Å². The molecule has 0 aliphatic carbocycles. The van der Waals surface area contributed by atoms with Gasteiger partial charge in [-0.05, 0) is 32.6 Å². The Bertz CT molecular complexity index is 1200. The molecule has 194 valence electrons. The zero-order valence-corrected chi connectivity index (χ0v) is 21.6. The quantitative estimate of drug-likeness (QED) is 0.475. The molecule has 36 heavy (non-hydrogen) atoms. The lowest BCUT2D eigenvalue weighted by Gasteiger charge is -2.39. The lowest BCUT2D eigenvalue weighted by molar-refractivity contribution is 0.135. The van der Waals surface area contributed by atoms with Crippen molar-refractivity contribution in [3.63, 3.8) is 0 Å². The van der Waals surface area contributed by atoms with Crippen LogP contribution in [-0.4, -0.2) is 94.9 Å². The minimum Gasteiger partial charge on any atom is -0.354 e. The average molecular weight is 515 g/mol. The number of piperidine rings is 1. The zero-order chi connectivity index (χ0) is 25.3. The van der Waals surface area contributed by atoms with Gasteiger partial charge in [-0.1, -0.05) is 0 Å². The molecule has 3 aliphatic rings. The highest BCUT2D eigenvalue weighted by Crippen LogP contribution is 2.37. The normalized spacial score (nSPS) is 25.0. The molecule has 2 bridgehead atoms. The SMILES string of the molecule is Cc1cc(Nc2cc(N3CCN(S(C)(=O)=O)CC3)nc(N[C@@H]3C[C@H]4CC[C@@H](C3)N4CCC#N)n2)n[nH]1. The Morgan fingerprint density at radius 3 is 2.44 bits per heavy atom. The Morgan fingerprint density at radius 2 is 1.83 bits per heavy atom. The highest BCUT2D eigenvalue weighted by molar-refractivity contribution is 7.88. The van der Waals surface area contributed by atoms with Crippen LogP contribution in [0.3, 0.4) is 0 Å². The first-order valence-electron chi connectivity index (χ1n) is 12.6. The van der Waals surface area contributed by atoms with Crippen LogP contribution < -0.4 is 15.5 Å². The molecule has 12 nitrogen and oxygen atoms in total. The smallest absolute Gasteiger partial charge is 0.226 e. The molecule has 5 heterocycles. The van der Waals surface area contributed by atoms with Gasteiger partial charge in [0.15, 0.2) is 5.82 Å². The molecule has 5 rings (SSSR count). The van der Waals surface area contributed by atoms with Gasteiger partial charge < -0.3 is 15.5 Å². The molecule has 2 aromatic rings. The van der Waals surface area contributed by atoms with Crippen LogP contribution in [0.4, 0.5) is 23.4 Å². The summed E-state index contributed by atoms with van der Waals surface area (Å²) in [7, 11) is -3.20. The van der Waals surface area contributed by atoms with Gasteiger partial charge in [0.05, 0.1) is 12.3 Å². The minimum atomic E-state index is -3.20. The standard InChI is InChI=1S/C23H34N10O2S/c1-16-12-21(30-29-16)26-20-15-22(31-8-10-32(11-9-31)36(2,34)35)28-23(27-20)25-17-13-18-4-5-19(14-17)33(18)7-3-6-24/h12,15,17-19H,3-5,7-11,13-14H2,1-2H3,(H3,25,26,27,28,29,30)/t17-,18-,19+. The molecule has 0 radical (unpaired) electrons. The third-order valence-corrected chi connectivity index (χ3v) is 8.71. The highest BCUT2D eigenvalue weighted by Gasteiger charge is 2.40. The van der Waals surface area contributed by atoms with E-state index in [2.05, 4.69) is 36.7 Å². The topological polar surface area (TPSA) is 146 Å². The summed E-state index contributed by atoms with van der Waals surface area (Å²) in [6, 6.07) is 7.32. The number of H-pyrrole nitrogens is 1. The molecule has 2 aromatic heterocycles. The van der Waals surface area contributed by atoms with Gasteiger partial charge in [-0.15, -0.1) is 0 Å². The maximum atomic E-state index is 11.9. The number of nitrogens with zero attached hydrogens (tertiary/aromatic N) is 7. The van der Waals surface area contributed by atoms with Crippen LogP contribution >= 0.6 is 0 Å². The summed E-state index contributed by atoms with van der Waals surface area (Å²) < 4.78 is 25.4. The number of hydrogen-bond acceptors (Lipinski definition) is 10. The number of hydrogen-bond donors (Lipinski definition) is 3. The van der Waals surface area contributed by atoms with Crippen molar-refractivity contribution in [1.29, 1.82) is 5.26 Å². The molecule has 3 atom stereocenters. The second-order valence-electron chi connectivity index (χ2n) is 9.99. The van der Waals surface area contributed by atoms with E-state index in [9.17, 15) is 8.42 Å². The number of nitrogens with one attached hydrogen (secondary N) is 3. The van der Waals surface area contributed by atoms with Gasteiger partial charge in [0.25, 0.3) is 0 Å². The third-order valence-electron chi connectivity index (χ3n) is 7.41. The number of aromatic amines is 1. The monoisotopic (exact) mass is 514 g/mol. The lowest BCUT2D eigenvalue weighted by atomic mass is 9.97. The van der Waals surface area contributed by atoms with Crippen molar-refractivity contribution in [3.05, 3.63) is 17.8 Å². The van der Waals surface area contributed by atoms with Gasteiger partial charge in [-0.25, -0.2) is 8.42 Å². The number of aromatic nitrogens is 4. The van der Waals surface area contributed by atoms with Gasteiger partial charge in [0.1, 0.15) is 11.6 Å². The second-order valence-corrected chi connectivity index (χ2v) is 12.0. The number of fused-ring (bicyclic) bond motifs is 2. The Kier molecular flexibility index (Phi) is 7.00. The summed E-state index contributed by atoms with van der Waals surface area (Å²) in [5, 5.41) is 23.1. The Balaban J connectivity index is 1.33. The molecule has 0 amide bonds. The first kappa shape index (κ1) is 24.7. The van der Waals surface area contributed by atoms with Crippen LogP contribution in [0.25, 0.3) is 0 Å². The fourth-order valence-corrected chi connectivity index (χ4v) is 6.53. The summed E-state index contributed by atoms with van der Waals surface area (Å²) in [5.74, 6) is 2.62. The number of nitriles is 1. The molecule has 0 aromatic carbocycles. The highest BCUT2D eigenvalue weighted by atomic mass is 32.2. The summed E-state index contributed by atoms with van der Waals surface area (Å²) in [6.07, 6.45) is 6.18. The maximum absolute atomic E-state index is 11.9. The van der Waals surface area contributed by atoms with E-state index >= 15 is 0 Å². The minimum absolute atomic E-state index is 0.263. The molecule has 13 heteroatoms. The van der Waals surface area contributed by atoms with Gasteiger partial charge in [-0.3, -0.25) is 10.00 Å². The van der Waals surface area contributed by atoms with E-state index < -0.39 is 10.0 Å². The van der Waals surface area contributed by atoms with Crippen LogP contribution in [0.15, 0.2) is 12.1 Å². The summed E-state index contributed by atoms with van der Waals surface area (Å²) in [4.78, 5) is 14.2. The Morgan fingerprint density at radius 1 is 1.11 bits per heavy atom. The number of rotatable bonds is 8. The zero-order valence-electron chi connectivity index (χ0n) is 20.8. The van der Waals surface area contributed by atoms with Crippen molar-refractivity contribution in [1.82, 2.24) is 29.4 Å². The maximum Gasteiger partial charge on any atom is 0.226 e. The third kappa shape index (κ3) is 5.55. The van der Waals surface area contributed by atoms with Crippen LogP contribution in [0.5, 0.6) is 0 Å². The van der Waals surface area contributed by atoms with Crippen LogP contribution in [0.2, 0.25) is 0 Å².